The molecule has 3 aliphatic heterocycles. The van der Waals surface area contributed by atoms with E-state index in [9.17, 15) is 19.2 Å². The molecule has 1 amide bonds. The van der Waals surface area contributed by atoms with Gasteiger partial charge < -0.3 is 29.2 Å². The van der Waals surface area contributed by atoms with Gasteiger partial charge in [0.05, 0.1) is 24.6 Å². The van der Waals surface area contributed by atoms with Crippen LogP contribution in [0.1, 0.15) is 152 Å². The number of amides is 1. The average molecular weight is 773 g/mol. The lowest BCUT2D eigenvalue weighted by atomic mass is 9.65. The van der Waals surface area contributed by atoms with Gasteiger partial charge in [0.2, 0.25) is 5.91 Å². The number of ether oxygens (including phenoxy) is 1. The molecule has 1 unspecified atom stereocenters. The third-order valence-corrected chi connectivity index (χ3v) is 12.3. The molecule has 2 N–H and O–H groups in total. The number of carbonyl (C=O) groups is 4. The van der Waals surface area contributed by atoms with Crippen LogP contribution in [0.25, 0.3) is 21.8 Å². The average Bonchev–Trinajstić information content (AvgIpc) is 3.74. The third-order valence-electron chi connectivity index (χ3n) is 12.3. The number of fused-ring (bicyclic) bond motifs is 8. The summed E-state index contributed by atoms with van der Waals surface area (Å²) >= 11 is 0. The number of ketones is 2. The first kappa shape index (κ1) is 47.6. The van der Waals surface area contributed by atoms with Gasteiger partial charge in [0.1, 0.15) is 11.6 Å². The van der Waals surface area contributed by atoms with E-state index in [1.165, 1.54) is 34.7 Å². The fourth-order valence-electron chi connectivity index (χ4n) is 9.21. The Kier molecular flexibility index (Phi) is 17.1. The van der Waals surface area contributed by atoms with Crippen LogP contribution in [0.3, 0.4) is 0 Å². The Morgan fingerprint density at radius 2 is 1.46 bits per heavy atom. The molecule has 310 valence electrons. The van der Waals surface area contributed by atoms with Crippen LogP contribution in [-0.2, 0) is 36.8 Å². The summed E-state index contributed by atoms with van der Waals surface area (Å²) in [6.07, 6.45) is 8.74. The molecule has 7 rings (SSSR count). The first-order valence-electron chi connectivity index (χ1n) is 19.2. The SMILES string of the molecule is C.C.C.C.CCC(CCC(C)=O)(CCC(=O)OC)C1=NCCc2c1[nH]c1ccccc21.CC[C@@]1(CCC(C)=O)CCC(=O)N2CCc3c([nH]c4ccccc34)[C@@H]21.[HH]. The van der Waals surface area contributed by atoms with Crippen LogP contribution in [0.4, 0.5) is 0 Å². The predicted octanol–water partition coefficient (Wildman–Crippen LogP) is 11.2. The topological polar surface area (TPSA) is 125 Å². The number of H-pyrrole nitrogens is 2. The highest BCUT2D eigenvalue weighted by Gasteiger charge is 2.50. The summed E-state index contributed by atoms with van der Waals surface area (Å²) in [6.45, 7) is 9.16. The number of Topliss-reactive ketones (excluding diaryl/α,β-unsaturated/α-hetero) is 2. The van der Waals surface area contributed by atoms with Crippen molar-refractivity contribution in [2.75, 3.05) is 20.2 Å². The molecule has 3 aliphatic rings. The molecule has 1 saturated heterocycles. The number of hydrogen-bond acceptors (Lipinski definition) is 6. The number of piperidine rings is 1. The minimum Gasteiger partial charge on any atom is -0.469 e. The molecule has 0 saturated carbocycles. The van der Waals surface area contributed by atoms with E-state index in [1.807, 2.05) is 6.07 Å². The van der Waals surface area contributed by atoms with E-state index in [4.69, 9.17) is 9.73 Å². The van der Waals surface area contributed by atoms with Gasteiger partial charge in [0.25, 0.3) is 0 Å². The highest BCUT2D eigenvalue weighted by atomic mass is 16.5. The number of nitrogens with zero attached hydrogens (tertiary/aromatic N) is 2. The molecule has 1 fully saturated rings. The first-order chi connectivity index (χ1) is 25.1. The van der Waals surface area contributed by atoms with Gasteiger partial charge in [0, 0.05) is 73.1 Å². The van der Waals surface area contributed by atoms with Crippen molar-refractivity contribution < 1.29 is 25.3 Å². The van der Waals surface area contributed by atoms with Crippen LogP contribution in [0.15, 0.2) is 53.5 Å². The Balaban J connectivity index is 0.000000525. The van der Waals surface area contributed by atoms with E-state index >= 15 is 0 Å². The Bertz CT molecular complexity index is 2010. The van der Waals surface area contributed by atoms with Crippen LogP contribution in [0.2, 0.25) is 0 Å². The number of rotatable bonds is 12. The molecule has 3 atom stereocenters. The van der Waals surface area contributed by atoms with E-state index in [0.717, 1.165) is 74.1 Å². The van der Waals surface area contributed by atoms with Gasteiger partial charge in [-0.3, -0.25) is 14.6 Å². The molecule has 4 aromatic rings. The van der Waals surface area contributed by atoms with E-state index in [0.29, 0.717) is 38.5 Å². The zero-order chi connectivity index (χ0) is 37.0. The van der Waals surface area contributed by atoms with Crippen molar-refractivity contribution in [3.8, 4) is 0 Å². The lowest BCUT2D eigenvalue weighted by Gasteiger charge is -2.51. The fraction of sp³-hybridized carbons (Fsp3) is 0.553. The smallest absolute Gasteiger partial charge is 0.305 e. The molecule has 2 aromatic carbocycles. The largest absolute Gasteiger partial charge is 0.469 e. The van der Waals surface area contributed by atoms with Crippen LogP contribution >= 0.6 is 0 Å². The lowest BCUT2D eigenvalue weighted by Crippen LogP contribution is -2.52. The van der Waals surface area contributed by atoms with Gasteiger partial charge in [-0.25, -0.2) is 0 Å². The third kappa shape index (κ3) is 9.19. The number of methoxy groups -OCH3 is 1. The van der Waals surface area contributed by atoms with Gasteiger partial charge in [-0.15, -0.1) is 0 Å². The van der Waals surface area contributed by atoms with Gasteiger partial charge >= 0.3 is 5.97 Å². The number of benzene rings is 2. The van der Waals surface area contributed by atoms with Crippen molar-refractivity contribution in [1.29, 1.82) is 0 Å². The molecule has 9 heteroatoms. The second-order valence-electron chi connectivity index (χ2n) is 15.1. The number of carbonyl (C=O) groups excluding carboxylic acids is 4. The predicted molar refractivity (Wildman–Crippen MR) is 235 cm³/mol. The molecule has 0 aliphatic carbocycles. The number of nitrogens with one attached hydrogen (secondary N) is 2. The molecule has 0 radical (unpaired) electrons. The number of para-hydroxylation sites is 2. The van der Waals surface area contributed by atoms with Gasteiger partial charge in [-0.1, -0.05) is 80.0 Å². The maximum absolute atomic E-state index is 12.6. The van der Waals surface area contributed by atoms with E-state index in [2.05, 4.69) is 71.2 Å². The Labute approximate surface area is 337 Å². The maximum atomic E-state index is 12.6. The summed E-state index contributed by atoms with van der Waals surface area (Å²) < 4.78 is 4.87. The minimum atomic E-state index is -0.310. The number of hydrogen-bond donors (Lipinski definition) is 2. The standard InChI is InChI=1S/C22H28N2O3.C21H26N2O2.4CH4.H2/c1-4-22(12-9-15(2)25,13-10-19(26)27-3)21-20-17(11-14-23-21)16-7-5-6-8-18(16)24-20;1-3-21(11-8-14(2)24)12-9-18(25)23-13-10-16-15-6-4-5-7-17(15)22-19(16)20(21)23;;;;;/h5-8,24H,4,9-14H2,1-3H3;4-7,20,22H,3,8-13H2,1-2H3;4*1H4;1H/t;20-,21-;;;;;/m.1...../s1. The maximum Gasteiger partial charge on any atom is 0.305 e. The van der Waals surface area contributed by atoms with Crippen LogP contribution in [0.5, 0.6) is 0 Å². The number of aliphatic imine (C=N–C) groups is 1. The van der Waals surface area contributed by atoms with E-state index in [-0.39, 0.29) is 71.4 Å². The van der Waals surface area contributed by atoms with Crippen molar-refractivity contribution >= 4 is 51.0 Å². The highest BCUT2D eigenvalue weighted by molar-refractivity contribution is 6.09. The monoisotopic (exact) mass is 773 g/mol. The number of aromatic amines is 2. The fourth-order valence-corrected chi connectivity index (χ4v) is 9.21. The van der Waals surface area contributed by atoms with Crippen molar-refractivity contribution in [3.05, 3.63) is 71.0 Å². The van der Waals surface area contributed by atoms with Crippen molar-refractivity contribution in [2.45, 2.75) is 140 Å². The van der Waals surface area contributed by atoms with Crippen molar-refractivity contribution in [1.82, 2.24) is 14.9 Å². The Hall–Kier alpha value is -4.53. The van der Waals surface area contributed by atoms with Gasteiger partial charge in [-0.2, -0.15) is 0 Å². The molecule has 0 spiro atoms. The zero-order valence-electron chi connectivity index (χ0n) is 31.5. The second-order valence-corrected chi connectivity index (χ2v) is 15.1. The van der Waals surface area contributed by atoms with Crippen molar-refractivity contribution in [3.63, 3.8) is 0 Å². The molecule has 56 heavy (non-hydrogen) atoms. The Morgan fingerprint density at radius 1 is 0.857 bits per heavy atom. The summed E-state index contributed by atoms with van der Waals surface area (Å²) in [5.41, 5.74) is 7.94. The summed E-state index contributed by atoms with van der Waals surface area (Å²) in [7, 11) is 1.42. The summed E-state index contributed by atoms with van der Waals surface area (Å²) in [6, 6.07) is 16.8. The van der Waals surface area contributed by atoms with Crippen LogP contribution < -0.4 is 0 Å². The number of aromatic nitrogens is 2. The Morgan fingerprint density at radius 3 is 2.07 bits per heavy atom. The quantitative estimate of drug-likeness (QED) is 0.139. The second kappa shape index (κ2) is 20.1. The molecule has 0 bridgehead atoms. The normalized spacial score (nSPS) is 19.1. The van der Waals surface area contributed by atoms with E-state index in [1.54, 1.807) is 13.8 Å². The van der Waals surface area contributed by atoms with Crippen molar-refractivity contribution in [2.24, 2.45) is 15.8 Å². The minimum absolute atomic E-state index is 0. The van der Waals surface area contributed by atoms with Crippen LogP contribution in [0, 0.1) is 10.8 Å². The first-order valence-corrected chi connectivity index (χ1v) is 19.2. The summed E-state index contributed by atoms with van der Waals surface area (Å²) in [5.74, 6) is 0.452. The van der Waals surface area contributed by atoms with Gasteiger partial charge in [0.15, 0.2) is 0 Å². The molecular formula is C47H72N4O5. The zero-order valence-corrected chi connectivity index (χ0v) is 31.5. The molecular weight excluding hydrogens is 701 g/mol. The molecule has 9 nitrogen and oxygen atoms in total. The van der Waals surface area contributed by atoms with E-state index < -0.39 is 0 Å². The summed E-state index contributed by atoms with van der Waals surface area (Å²) in [4.78, 5) is 62.1. The molecule has 2 aromatic heterocycles. The highest BCUT2D eigenvalue weighted by Crippen LogP contribution is 2.54. The number of esters is 1. The lowest BCUT2D eigenvalue weighted by molar-refractivity contribution is -0.146. The summed E-state index contributed by atoms with van der Waals surface area (Å²) in [5, 5.41) is 2.52. The van der Waals surface area contributed by atoms with Crippen LogP contribution in [-0.4, -0.2) is 64.2 Å². The van der Waals surface area contributed by atoms with Gasteiger partial charge in [-0.05, 0) is 93.9 Å². The molecule has 5 heterocycles.